The molecule has 1 aromatic rings. The third-order valence-electron chi connectivity index (χ3n) is 6.71. The minimum absolute atomic E-state index is 0.101. The highest BCUT2D eigenvalue weighted by molar-refractivity contribution is 6.57. The maximum atomic E-state index is 14.6. The predicted octanol–water partition coefficient (Wildman–Crippen LogP) is -9.51. The number of halogens is 1. The van der Waals surface area contributed by atoms with Crippen molar-refractivity contribution in [3.63, 3.8) is 0 Å². The maximum absolute atomic E-state index is 14.6. The van der Waals surface area contributed by atoms with Crippen LogP contribution in [-0.2, 0) is 14.9 Å². The van der Waals surface area contributed by atoms with E-state index in [9.17, 15) is 23.9 Å². The molecule has 0 aromatic heterocycles. The minimum Gasteiger partial charge on any atom is -0.399 e. The van der Waals surface area contributed by atoms with Crippen LogP contribution in [0, 0.1) is 5.82 Å². The average molecular weight is 376 g/mol. The standard InChI is InChI=1S/C13H19B7FN3O4/c14-3-1-2(6(22)4(15)5(3)21)13(19,20)24(9(1)26)7-8(25)23-10(27)11(16,17)12(7,18)28/h7,28H,14-20,22H2,(H,23,25,27)/t7-,12?/m0/s1. The summed E-state index contributed by atoms with van der Waals surface area (Å²) in [5.74, 6) is -2.58. The highest BCUT2D eigenvalue weighted by atomic mass is 19.1. The van der Waals surface area contributed by atoms with E-state index >= 15 is 0 Å². The monoisotopic (exact) mass is 377 g/mol. The van der Waals surface area contributed by atoms with Gasteiger partial charge in [-0.3, -0.25) is 19.7 Å². The Morgan fingerprint density at radius 3 is 2.14 bits per heavy atom. The van der Waals surface area contributed by atoms with Crippen LogP contribution in [0.3, 0.4) is 0 Å². The molecule has 1 aromatic carbocycles. The number of rotatable bonds is 1. The molecular formula is C13H19B7FN3O4. The lowest BCUT2D eigenvalue weighted by Crippen LogP contribution is -2.75. The molecule has 2 heterocycles. The molecule has 3 rings (SSSR count). The smallest absolute Gasteiger partial charge is 0.253 e. The van der Waals surface area contributed by atoms with E-state index in [2.05, 4.69) is 5.32 Å². The summed E-state index contributed by atoms with van der Waals surface area (Å²) in [6.07, 6.45) is 0. The van der Waals surface area contributed by atoms with Gasteiger partial charge in [-0.15, -0.1) is 0 Å². The fourth-order valence-corrected chi connectivity index (χ4v) is 4.39. The van der Waals surface area contributed by atoms with E-state index in [-0.39, 0.29) is 22.2 Å². The van der Waals surface area contributed by atoms with Crippen LogP contribution in [0.25, 0.3) is 0 Å². The molecule has 1 fully saturated rings. The maximum Gasteiger partial charge on any atom is 0.253 e. The topological polar surface area (TPSA) is 113 Å². The molecule has 3 amide bonds. The summed E-state index contributed by atoms with van der Waals surface area (Å²) in [5.41, 5.74) is 5.36. The number of fused-ring (bicyclic) bond motifs is 1. The molecule has 0 bridgehead atoms. The van der Waals surface area contributed by atoms with Crippen molar-refractivity contribution in [3.8, 4) is 0 Å². The number of nitrogens with zero attached hydrogens (tertiary/aromatic N) is 1. The number of carbonyl (C=O) groups is 3. The second-order valence-electron chi connectivity index (χ2n) is 8.96. The SMILES string of the molecule is Bc1c(N)c2c(c(B)c1F)C(=O)N([C@H]1C(=O)NC(=O)C(B)(B)C1(B)O)C2(B)B. The summed E-state index contributed by atoms with van der Waals surface area (Å²) in [6.45, 7) is 0. The number of imide groups is 1. The van der Waals surface area contributed by atoms with E-state index < -0.39 is 45.6 Å². The van der Waals surface area contributed by atoms with Crippen molar-refractivity contribution in [1.82, 2.24) is 10.2 Å². The van der Waals surface area contributed by atoms with Crippen molar-refractivity contribution in [2.75, 3.05) is 5.73 Å². The Hall–Kier alpha value is -2.03. The van der Waals surface area contributed by atoms with Crippen molar-refractivity contribution in [2.45, 2.75) is 22.1 Å². The van der Waals surface area contributed by atoms with Gasteiger partial charge in [0.25, 0.3) is 11.8 Å². The number of nitrogens with one attached hydrogen (secondary N) is 1. The first-order valence-corrected chi connectivity index (χ1v) is 9.10. The van der Waals surface area contributed by atoms with Gasteiger partial charge in [-0.05, 0) is 16.5 Å². The largest absolute Gasteiger partial charge is 0.399 e. The van der Waals surface area contributed by atoms with Gasteiger partial charge >= 0.3 is 0 Å². The highest BCUT2D eigenvalue weighted by Gasteiger charge is 2.62. The number of amides is 3. The molecule has 0 spiro atoms. The van der Waals surface area contributed by atoms with Gasteiger partial charge in [0.1, 0.15) is 66.8 Å². The first-order valence-electron chi connectivity index (χ1n) is 9.10. The average Bonchev–Trinajstić information content (AvgIpc) is 2.77. The lowest BCUT2D eigenvalue weighted by molar-refractivity contribution is -0.147. The summed E-state index contributed by atoms with van der Waals surface area (Å²) in [6, 6.07) is -1.36. The number of piperidine rings is 1. The Morgan fingerprint density at radius 2 is 1.61 bits per heavy atom. The van der Waals surface area contributed by atoms with Crippen LogP contribution in [0.2, 0.25) is 5.21 Å². The van der Waals surface area contributed by atoms with Crippen molar-refractivity contribution < 1.29 is 23.9 Å². The van der Waals surface area contributed by atoms with Gasteiger partial charge in [0, 0.05) is 21.8 Å². The van der Waals surface area contributed by atoms with Crippen molar-refractivity contribution in [1.29, 1.82) is 0 Å². The van der Waals surface area contributed by atoms with Gasteiger partial charge < -0.3 is 15.7 Å². The second kappa shape index (κ2) is 5.75. The number of hydrogen-bond acceptors (Lipinski definition) is 5. The van der Waals surface area contributed by atoms with Crippen LogP contribution in [-0.4, -0.2) is 94.2 Å². The summed E-state index contributed by atoms with van der Waals surface area (Å²) < 4.78 is 14.6. The Balaban J connectivity index is 2.29. The predicted molar refractivity (Wildman–Crippen MR) is 122 cm³/mol. The van der Waals surface area contributed by atoms with Gasteiger partial charge in [-0.1, -0.05) is 0 Å². The first-order chi connectivity index (χ1) is 12.6. The molecule has 15 heteroatoms. The number of nitrogens with two attached hydrogens (primary N) is 1. The molecule has 7 nitrogen and oxygen atoms in total. The Bertz CT molecular complexity index is 968. The molecule has 4 N–H and O–H groups in total. The number of hydrogen-bond donors (Lipinski definition) is 3. The molecule has 2 atom stereocenters. The number of carbonyl (C=O) groups excluding carboxylic acids is 3. The van der Waals surface area contributed by atoms with E-state index in [0.717, 1.165) is 0 Å². The molecule has 28 heavy (non-hydrogen) atoms. The number of aliphatic hydroxyl groups is 1. The lowest BCUT2D eigenvalue weighted by Gasteiger charge is -2.53. The van der Waals surface area contributed by atoms with Crippen LogP contribution in [0.5, 0.6) is 0 Å². The van der Waals surface area contributed by atoms with E-state index in [1.54, 1.807) is 15.7 Å². The lowest BCUT2D eigenvalue weighted by atomic mass is 9.37. The summed E-state index contributed by atoms with van der Waals surface area (Å²) >= 11 is 0. The molecule has 0 saturated carbocycles. The van der Waals surface area contributed by atoms with Crippen LogP contribution < -0.4 is 22.0 Å². The Morgan fingerprint density at radius 1 is 1.07 bits per heavy atom. The van der Waals surface area contributed by atoms with Crippen LogP contribution in [0.4, 0.5) is 10.1 Å². The zero-order chi connectivity index (χ0) is 21.6. The van der Waals surface area contributed by atoms with Gasteiger partial charge in [-0.2, -0.15) is 0 Å². The highest BCUT2D eigenvalue weighted by Crippen LogP contribution is 2.45. The van der Waals surface area contributed by atoms with E-state index in [0.29, 0.717) is 5.56 Å². The van der Waals surface area contributed by atoms with E-state index in [1.807, 2.05) is 0 Å². The number of anilines is 1. The van der Waals surface area contributed by atoms with Gasteiger partial charge in [0.05, 0.1) is 5.50 Å². The first kappa shape index (κ1) is 20.7. The summed E-state index contributed by atoms with van der Waals surface area (Å²) in [5, 5.41) is 11.1. The fourth-order valence-electron chi connectivity index (χ4n) is 4.39. The molecule has 0 radical (unpaired) electrons. The van der Waals surface area contributed by atoms with E-state index in [4.69, 9.17) is 5.73 Å². The minimum atomic E-state index is -1.86. The number of nitrogen functional groups attached to an aromatic ring is 1. The van der Waals surface area contributed by atoms with Crippen molar-refractivity contribution in [3.05, 3.63) is 16.9 Å². The molecule has 1 unspecified atom stereocenters. The molecule has 2 aliphatic rings. The molecule has 138 valence electrons. The third kappa shape index (κ3) is 2.25. The number of benzene rings is 1. The Kier molecular flexibility index (Phi) is 4.25. The van der Waals surface area contributed by atoms with Crippen molar-refractivity contribution in [2.24, 2.45) is 0 Å². The zero-order valence-corrected chi connectivity index (χ0v) is 17.2. The van der Waals surface area contributed by atoms with Gasteiger partial charge in [0.2, 0.25) is 5.91 Å². The fraction of sp³-hybridized carbons (Fsp3) is 0.308. The molecule has 2 aliphatic heterocycles. The molecule has 1 saturated heterocycles. The van der Waals surface area contributed by atoms with Gasteiger partial charge in [-0.25, -0.2) is 4.39 Å². The normalized spacial score (nSPS) is 28.1. The van der Waals surface area contributed by atoms with Crippen LogP contribution >= 0.6 is 0 Å². The van der Waals surface area contributed by atoms with Crippen LogP contribution in [0.15, 0.2) is 0 Å². The van der Waals surface area contributed by atoms with Crippen LogP contribution in [0.1, 0.15) is 15.9 Å². The van der Waals surface area contributed by atoms with E-state index in [1.165, 1.54) is 44.1 Å². The van der Waals surface area contributed by atoms with Gasteiger partial charge in [0.15, 0.2) is 0 Å². The summed E-state index contributed by atoms with van der Waals surface area (Å²) in [4.78, 5) is 39.7. The Labute approximate surface area is 168 Å². The second-order valence-corrected chi connectivity index (χ2v) is 8.96. The molecule has 0 aliphatic carbocycles. The summed E-state index contributed by atoms with van der Waals surface area (Å²) in [7, 11) is 10.8. The third-order valence-corrected chi connectivity index (χ3v) is 6.71. The van der Waals surface area contributed by atoms with Crippen molar-refractivity contribution >= 4 is 89.3 Å². The zero-order valence-electron chi connectivity index (χ0n) is 17.2. The quantitative estimate of drug-likeness (QED) is 0.256. The molecular weight excluding hydrogens is 357 g/mol.